The number of hydrogen-bond donors (Lipinski definition) is 1. The summed E-state index contributed by atoms with van der Waals surface area (Å²) in [6, 6.07) is 5.29. The van der Waals surface area contributed by atoms with Crippen molar-refractivity contribution >= 4 is 33.1 Å². The van der Waals surface area contributed by atoms with Crippen molar-refractivity contribution in [3.63, 3.8) is 0 Å². The van der Waals surface area contributed by atoms with Crippen LogP contribution in [0.3, 0.4) is 0 Å². The smallest absolute Gasteiger partial charge is 0.379 e. The quantitative estimate of drug-likeness (QED) is 0.564. The van der Waals surface area contributed by atoms with Crippen LogP contribution in [0, 0.1) is 0 Å². The van der Waals surface area contributed by atoms with Crippen molar-refractivity contribution < 1.29 is 17.9 Å². The Morgan fingerprint density at radius 3 is 2.72 bits per heavy atom. The maximum absolute atomic E-state index is 13.2. The number of thiophene rings is 1. The van der Waals surface area contributed by atoms with Crippen molar-refractivity contribution in [3.05, 3.63) is 46.1 Å². The molecule has 1 saturated heterocycles. The van der Waals surface area contributed by atoms with Gasteiger partial charge >= 0.3 is 6.18 Å². The lowest BCUT2D eigenvalue weighted by molar-refractivity contribution is -0.137. The first-order valence-corrected chi connectivity index (χ1v) is 11.8. The molecule has 0 bridgehead atoms. The number of nitrogens with one attached hydrogen (secondary N) is 1. The zero-order valence-corrected chi connectivity index (χ0v) is 18.5. The van der Waals surface area contributed by atoms with Crippen LogP contribution in [0.1, 0.15) is 34.7 Å². The molecule has 5 nitrogen and oxygen atoms in total. The van der Waals surface area contributed by atoms with Gasteiger partial charge in [-0.1, -0.05) is 6.07 Å². The summed E-state index contributed by atoms with van der Waals surface area (Å²) >= 11 is 1.70. The standard InChI is InChI=1S/C23H25F3N4OS/c24-23(25,26)15-4-3-5-16(14-15)27-21-20-17-6-1-2-7-18(17)32-22(20)29-19(28-21)8-9-30-10-12-31-13-11-30/h3-5,14H,1-2,6-13H2,(H,27,28,29). The van der Waals surface area contributed by atoms with Crippen molar-refractivity contribution in [2.24, 2.45) is 0 Å². The molecule has 2 aromatic heterocycles. The second-order valence-corrected chi connectivity index (χ2v) is 9.37. The van der Waals surface area contributed by atoms with Gasteiger partial charge < -0.3 is 10.1 Å². The van der Waals surface area contributed by atoms with Crippen LogP contribution in [0.4, 0.5) is 24.7 Å². The van der Waals surface area contributed by atoms with Crippen LogP contribution in [0.2, 0.25) is 0 Å². The molecule has 0 atom stereocenters. The maximum atomic E-state index is 13.2. The van der Waals surface area contributed by atoms with Crippen LogP contribution < -0.4 is 5.32 Å². The van der Waals surface area contributed by atoms with Gasteiger partial charge in [-0.25, -0.2) is 9.97 Å². The summed E-state index contributed by atoms with van der Waals surface area (Å²) in [7, 11) is 0. The van der Waals surface area contributed by atoms with Gasteiger partial charge in [0.25, 0.3) is 0 Å². The molecule has 2 aliphatic rings. The summed E-state index contributed by atoms with van der Waals surface area (Å²) in [5.41, 5.74) is 0.966. The lowest BCUT2D eigenvalue weighted by Crippen LogP contribution is -2.37. The van der Waals surface area contributed by atoms with E-state index in [4.69, 9.17) is 14.7 Å². The Morgan fingerprint density at radius 1 is 1.09 bits per heavy atom. The molecule has 0 spiro atoms. The molecule has 170 valence electrons. The van der Waals surface area contributed by atoms with E-state index in [-0.39, 0.29) is 0 Å². The van der Waals surface area contributed by atoms with Crippen molar-refractivity contribution in [1.82, 2.24) is 14.9 Å². The fourth-order valence-electron chi connectivity index (χ4n) is 4.40. The number of anilines is 2. The Balaban J connectivity index is 1.49. The highest BCUT2D eigenvalue weighted by Gasteiger charge is 2.30. The molecule has 3 aromatic rings. The lowest BCUT2D eigenvalue weighted by Gasteiger charge is -2.26. The van der Waals surface area contributed by atoms with Gasteiger partial charge in [0.2, 0.25) is 0 Å². The largest absolute Gasteiger partial charge is 0.416 e. The SMILES string of the molecule is FC(F)(F)c1cccc(Nc2nc(CCN3CCOCC3)nc3sc4c(c23)CCCC4)c1. The molecule has 0 amide bonds. The summed E-state index contributed by atoms with van der Waals surface area (Å²) in [5, 5.41) is 4.17. The summed E-state index contributed by atoms with van der Waals surface area (Å²) in [6.45, 7) is 4.10. The highest BCUT2D eigenvalue weighted by Crippen LogP contribution is 2.40. The second-order valence-electron chi connectivity index (χ2n) is 8.29. The summed E-state index contributed by atoms with van der Waals surface area (Å²) in [6.07, 6.45) is 0.568. The fourth-order valence-corrected chi connectivity index (χ4v) is 5.68. The molecular weight excluding hydrogens is 437 g/mol. The maximum Gasteiger partial charge on any atom is 0.416 e. The van der Waals surface area contributed by atoms with E-state index in [1.165, 1.54) is 16.5 Å². The predicted molar refractivity (Wildman–Crippen MR) is 120 cm³/mol. The van der Waals surface area contributed by atoms with Crippen LogP contribution in [-0.2, 0) is 30.2 Å². The first-order valence-electron chi connectivity index (χ1n) is 11.0. The number of aryl methyl sites for hydroxylation is 2. The number of hydrogen-bond acceptors (Lipinski definition) is 6. The Bertz CT molecular complexity index is 1110. The van der Waals surface area contributed by atoms with Gasteiger partial charge in [0.1, 0.15) is 16.5 Å². The molecule has 32 heavy (non-hydrogen) atoms. The molecule has 3 heterocycles. The topological polar surface area (TPSA) is 50.3 Å². The monoisotopic (exact) mass is 462 g/mol. The first-order chi connectivity index (χ1) is 15.5. The molecular formula is C23H25F3N4OS. The van der Waals surface area contributed by atoms with E-state index >= 15 is 0 Å². The molecule has 0 saturated carbocycles. The average molecular weight is 463 g/mol. The number of alkyl halides is 3. The lowest BCUT2D eigenvalue weighted by atomic mass is 9.97. The zero-order valence-electron chi connectivity index (χ0n) is 17.7. The van der Waals surface area contributed by atoms with E-state index in [9.17, 15) is 13.2 Å². The molecule has 0 unspecified atom stereocenters. The van der Waals surface area contributed by atoms with Gasteiger partial charge in [-0.05, 0) is 49.4 Å². The minimum absolute atomic E-state index is 0.384. The number of rotatable bonds is 5. The molecule has 1 fully saturated rings. The molecule has 9 heteroatoms. The number of benzene rings is 1. The average Bonchev–Trinajstić information content (AvgIpc) is 3.17. The van der Waals surface area contributed by atoms with E-state index in [1.807, 2.05) is 0 Å². The van der Waals surface area contributed by atoms with Crippen molar-refractivity contribution in [2.75, 3.05) is 38.2 Å². The minimum atomic E-state index is -4.39. The van der Waals surface area contributed by atoms with E-state index in [0.29, 0.717) is 17.9 Å². The Hall–Kier alpha value is -2.23. The Kier molecular flexibility index (Phi) is 6.05. The summed E-state index contributed by atoms with van der Waals surface area (Å²) < 4.78 is 45.0. The van der Waals surface area contributed by atoms with Gasteiger partial charge in [-0.15, -0.1) is 11.3 Å². The van der Waals surface area contributed by atoms with Crippen LogP contribution >= 0.6 is 11.3 Å². The molecule has 1 N–H and O–H groups in total. The molecule has 5 rings (SSSR count). The fraction of sp³-hybridized carbons (Fsp3) is 0.478. The van der Waals surface area contributed by atoms with Crippen LogP contribution in [0.25, 0.3) is 10.2 Å². The first kappa shape index (κ1) is 21.6. The van der Waals surface area contributed by atoms with Crippen LogP contribution in [0.15, 0.2) is 24.3 Å². The minimum Gasteiger partial charge on any atom is -0.379 e. The highest BCUT2D eigenvalue weighted by atomic mass is 32.1. The third-order valence-corrected chi connectivity index (χ3v) is 7.25. The predicted octanol–water partition coefficient (Wildman–Crippen LogP) is 5.21. The van der Waals surface area contributed by atoms with Gasteiger partial charge in [0, 0.05) is 36.6 Å². The van der Waals surface area contributed by atoms with Crippen LogP contribution in [-0.4, -0.2) is 47.7 Å². The highest BCUT2D eigenvalue weighted by molar-refractivity contribution is 7.19. The van der Waals surface area contributed by atoms with Crippen molar-refractivity contribution in [3.8, 4) is 0 Å². The number of halogens is 3. The normalized spacial score (nSPS) is 17.5. The van der Waals surface area contributed by atoms with E-state index < -0.39 is 11.7 Å². The van der Waals surface area contributed by atoms with Crippen LogP contribution in [0.5, 0.6) is 0 Å². The second kappa shape index (κ2) is 8.96. The Labute approximate surface area is 188 Å². The molecule has 0 radical (unpaired) electrons. The molecule has 1 aliphatic carbocycles. The van der Waals surface area contributed by atoms with E-state index in [2.05, 4.69) is 10.2 Å². The third-order valence-electron chi connectivity index (χ3n) is 6.07. The summed E-state index contributed by atoms with van der Waals surface area (Å²) in [4.78, 5) is 14.2. The Morgan fingerprint density at radius 2 is 1.91 bits per heavy atom. The number of nitrogens with zero attached hydrogens (tertiary/aromatic N) is 3. The van der Waals surface area contributed by atoms with E-state index in [1.54, 1.807) is 17.4 Å². The van der Waals surface area contributed by atoms with Gasteiger partial charge in [-0.2, -0.15) is 13.2 Å². The molecule has 1 aromatic carbocycles. The van der Waals surface area contributed by atoms with Gasteiger partial charge in [0.05, 0.1) is 24.2 Å². The van der Waals surface area contributed by atoms with Crippen molar-refractivity contribution in [2.45, 2.75) is 38.3 Å². The third kappa shape index (κ3) is 4.60. The number of aromatic nitrogens is 2. The van der Waals surface area contributed by atoms with Gasteiger partial charge in [-0.3, -0.25) is 4.90 Å². The number of fused-ring (bicyclic) bond motifs is 3. The zero-order chi connectivity index (χ0) is 22.1. The number of morpholine rings is 1. The van der Waals surface area contributed by atoms with Gasteiger partial charge in [0.15, 0.2) is 0 Å². The summed E-state index contributed by atoms with van der Waals surface area (Å²) in [5.74, 6) is 1.34. The van der Waals surface area contributed by atoms with Crippen molar-refractivity contribution in [1.29, 1.82) is 0 Å². The molecule has 1 aliphatic heterocycles. The number of ether oxygens (including phenoxy) is 1. The van der Waals surface area contributed by atoms with E-state index in [0.717, 1.165) is 86.7 Å².